The Balaban J connectivity index is 2.31. The van der Waals surface area contributed by atoms with Crippen LogP contribution in [0.25, 0.3) is 11.0 Å². The minimum atomic E-state index is -0.905. The second-order valence-electron chi connectivity index (χ2n) is 6.97. The topological polar surface area (TPSA) is 55.1 Å². The number of hydrogen-bond acceptors (Lipinski definition) is 2. The molecule has 0 bridgehead atoms. The lowest BCUT2D eigenvalue weighted by molar-refractivity contribution is 0.0699. The van der Waals surface area contributed by atoms with E-state index in [1.807, 2.05) is 12.1 Å². The first-order chi connectivity index (χ1) is 9.89. The monoisotopic (exact) mass is 286 g/mol. The Morgan fingerprint density at radius 3 is 2.52 bits per heavy atom. The van der Waals surface area contributed by atoms with Crippen LogP contribution in [-0.4, -0.2) is 20.6 Å². The molecule has 1 fully saturated rings. The molecule has 0 unspecified atom stereocenters. The Labute approximate surface area is 124 Å². The molecular formula is C17H22N2O2. The lowest BCUT2D eigenvalue weighted by Crippen LogP contribution is -2.21. The summed E-state index contributed by atoms with van der Waals surface area (Å²) in [6.07, 6.45) is 4.80. The number of carboxylic acids is 1. The number of fused-ring (bicyclic) bond motifs is 1. The predicted molar refractivity (Wildman–Crippen MR) is 82.9 cm³/mol. The van der Waals surface area contributed by atoms with E-state index in [2.05, 4.69) is 25.3 Å². The number of nitrogens with zero attached hydrogens (tertiary/aromatic N) is 2. The van der Waals surface area contributed by atoms with Crippen LogP contribution >= 0.6 is 0 Å². The van der Waals surface area contributed by atoms with Crippen molar-refractivity contribution < 1.29 is 9.90 Å². The second kappa shape index (κ2) is 4.86. The van der Waals surface area contributed by atoms with Crippen LogP contribution in [0.15, 0.2) is 18.2 Å². The standard InChI is InChI=1S/C17H22N2O2/c1-17(2,3)16-18-14-12(15(20)21)9-6-10-13(14)19(16)11-7-4-5-8-11/h6,9-11H,4-5,7-8H2,1-3H3,(H,20,21). The molecule has 0 spiro atoms. The number of rotatable bonds is 2. The first-order valence-electron chi connectivity index (χ1n) is 7.64. The van der Waals surface area contributed by atoms with Crippen molar-refractivity contribution >= 4 is 17.0 Å². The van der Waals surface area contributed by atoms with Gasteiger partial charge >= 0.3 is 5.97 Å². The zero-order valence-electron chi connectivity index (χ0n) is 12.9. The van der Waals surface area contributed by atoms with Crippen molar-refractivity contribution in [1.29, 1.82) is 0 Å². The van der Waals surface area contributed by atoms with Crippen molar-refractivity contribution in [1.82, 2.24) is 9.55 Å². The van der Waals surface area contributed by atoms with Crippen molar-refractivity contribution in [3.8, 4) is 0 Å². The molecule has 3 rings (SSSR count). The molecule has 0 atom stereocenters. The Hall–Kier alpha value is -1.84. The van der Waals surface area contributed by atoms with E-state index in [0.717, 1.165) is 24.2 Å². The molecule has 4 heteroatoms. The molecule has 1 aliphatic rings. The molecule has 1 aliphatic carbocycles. The second-order valence-corrected chi connectivity index (χ2v) is 6.97. The van der Waals surface area contributed by atoms with Gasteiger partial charge in [0.2, 0.25) is 0 Å². The maximum absolute atomic E-state index is 11.5. The third-order valence-corrected chi connectivity index (χ3v) is 4.31. The number of hydrogen-bond donors (Lipinski definition) is 1. The molecule has 1 N–H and O–H groups in total. The van der Waals surface area contributed by atoms with Gasteiger partial charge in [0.25, 0.3) is 0 Å². The number of para-hydroxylation sites is 1. The maximum Gasteiger partial charge on any atom is 0.337 e. The van der Waals surface area contributed by atoms with Gasteiger partial charge in [0.1, 0.15) is 11.3 Å². The van der Waals surface area contributed by atoms with Crippen LogP contribution in [0, 0.1) is 0 Å². The van der Waals surface area contributed by atoms with Crippen molar-refractivity contribution in [2.45, 2.75) is 57.9 Å². The highest BCUT2D eigenvalue weighted by atomic mass is 16.4. The third kappa shape index (κ3) is 2.33. The molecule has 1 aromatic heterocycles. The van der Waals surface area contributed by atoms with Crippen LogP contribution in [0.5, 0.6) is 0 Å². The van der Waals surface area contributed by atoms with E-state index >= 15 is 0 Å². The number of carboxylic acid groups (broad SMARTS) is 1. The molecule has 2 aromatic rings. The van der Waals surface area contributed by atoms with Gasteiger partial charge in [-0.05, 0) is 25.0 Å². The van der Waals surface area contributed by atoms with Crippen LogP contribution in [0.4, 0.5) is 0 Å². The van der Waals surface area contributed by atoms with E-state index in [0.29, 0.717) is 17.1 Å². The lowest BCUT2D eigenvalue weighted by atomic mass is 9.95. The fourth-order valence-corrected chi connectivity index (χ4v) is 3.35. The van der Waals surface area contributed by atoms with Crippen molar-refractivity contribution in [3.05, 3.63) is 29.6 Å². The van der Waals surface area contributed by atoms with Crippen LogP contribution in [0.2, 0.25) is 0 Å². The highest BCUT2D eigenvalue weighted by molar-refractivity contribution is 6.01. The summed E-state index contributed by atoms with van der Waals surface area (Å²) in [6.45, 7) is 6.42. The summed E-state index contributed by atoms with van der Waals surface area (Å²) in [5.74, 6) is 0.0928. The van der Waals surface area contributed by atoms with Crippen LogP contribution in [0.1, 0.15) is 68.7 Å². The number of carbonyl (C=O) groups is 1. The van der Waals surface area contributed by atoms with E-state index in [1.54, 1.807) is 6.07 Å². The van der Waals surface area contributed by atoms with Gasteiger partial charge in [-0.1, -0.05) is 39.7 Å². The maximum atomic E-state index is 11.5. The largest absolute Gasteiger partial charge is 0.478 e. The van der Waals surface area contributed by atoms with Crippen LogP contribution in [0.3, 0.4) is 0 Å². The summed E-state index contributed by atoms with van der Waals surface area (Å²) in [5, 5.41) is 9.40. The molecule has 112 valence electrons. The molecule has 1 heterocycles. The highest BCUT2D eigenvalue weighted by Crippen LogP contribution is 2.37. The van der Waals surface area contributed by atoms with E-state index in [9.17, 15) is 9.90 Å². The Kier molecular flexibility index (Phi) is 3.27. The lowest BCUT2D eigenvalue weighted by Gasteiger charge is -2.24. The van der Waals surface area contributed by atoms with E-state index < -0.39 is 5.97 Å². The molecular weight excluding hydrogens is 264 g/mol. The summed E-state index contributed by atoms with van der Waals surface area (Å²) in [5.41, 5.74) is 1.79. The van der Waals surface area contributed by atoms with E-state index in [4.69, 9.17) is 4.98 Å². The summed E-state index contributed by atoms with van der Waals surface area (Å²) >= 11 is 0. The van der Waals surface area contributed by atoms with Gasteiger partial charge in [-0.25, -0.2) is 9.78 Å². The summed E-state index contributed by atoms with van der Waals surface area (Å²) in [4.78, 5) is 16.2. The molecule has 0 amide bonds. The van der Waals surface area contributed by atoms with Gasteiger partial charge in [-0.2, -0.15) is 0 Å². The average Bonchev–Trinajstić information content (AvgIpc) is 3.03. The number of benzene rings is 1. The molecule has 0 radical (unpaired) electrons. The Morgan fingerprint density at radius 1 is 1.29 bits per heavy atom. The zero-order valence-corrected chi connectivity index (χ0v) is 12.9. The van der Waals surface area contributed by atoms with Crippen LogP contribution in [-0.2, 0) is 5.41 Å². The first kappa shape index (κ1) is 14.1. The number of imidazole rings is 1. The molecule has 0 aliphatic heterocycles. The normalized spacial score (nSPS) is 16.7. The molecule has 1 aromatic carbocycles. The molecule has 4 nitrogen and oxygen atoms in total. The van der Waals surface area contributed by atoms with Crippen molar-refractivity contribution in [2.75, 3.05) is 0 Å². The van der Waals surface area contributed by atoms with Crippen LogP contribution < -0.4 is 0 Å². The molecule has 21 heavy (non-hydrogen) atoms. The predicted octanol–water partition coefficient (Wildman–Crippen LogP) is 4.15. The van der Waals surface area contributed by atoms with E-state index in [-0.39, 0.29) is 5.41 Å². The fourth-order valence-electron chi connectivity index (χ4n) is 3.35. The smallest absolute Gasteiger partial charge is 0.337 e. The number of aromatic carboxylic acids is 1. The zero-order chi connectivity index (χ0) is 15.2. The molecule has 1 saturated carbocycles. The summed E-state index contributed by atoms with van der Waals surface area (Å²) in [6, 6.07) is 5.92. The van der Waals surface area contributed by atoms with Gasteiger partial charge in [-0.15, -0.1) is 0 Å². The van der Waals surface area contributed by atoms with E-state index in [1.165, 1.54) is 12.8 Å². The highest BCUT2D eigenvalue weighted by Gasteiger charge is 2.29. The third-order valence-electron chi connectivity index (χ3n) is 4.31. The average molecular weight is 286 g/mol. The fraction of sp³-hybridized carbons (Fsp3) is 0.529. The van der Waals surface area contributed by atoms with Crippen molar-refractivity contribution in [3.63, 3.8) is 0 Å². The van der Waals surface area contributed by atoms with Gasteiger partial charge in [0, 0.05) is 11.5 Å². The Bertz CT molecular complexity index is 689. The first-order valence-corrected chi connectivity index (χ1v) is 7.64. The molecule has 0 saturated heterocycles. The van der Waals surface area contributed by atoms with Gasteiger partial charge in [0.05, 0.1) is 11.1 Å². The minimum absolute atomic E-state index is 0.0998. The summed E-state index contributed by atoms with van der Waals surface area (Å²) < 4.78 is 2.30. The SMILES string of the molecule is CC(C)(C)c1nc2c(C(=O)O)cccc2n1C1CCCC1. The quantitative estimate of drug-likeness (QED) is 0.902. The number of aromatic nitrogens is 2. The minimum Gasteiger partial charge on any atom is -0.478 e. The van der Waals surface area contributed by atoms with Gasteiger partial charge in [-0.3, -0.25) is 0 Å². The summed E-state index contributed by atoms with van der Waals surface area (Å²) in [7, 11) is 0. The van der Waals surface area contributed by atoms with Gasteiger partial charge in [0.15, 0.2) is 0 Å². The van der Waals surface area contributed by atoms with Gasteiger partial charge < -0.3 is 9.67 Å². The van der Waals surface area contributed by atoms with Crippen molar-refractivity contribution in [2.24, 2.45) is 0 Å². The Morgan fingerprint density at radius 2 is 1.95 bits per heavy atom.